The van der Waals surface area contributed by atoms with Crippen molar-refractivity contribution in [1.29, 1.82) is 0 Å². The van der Waals surface area contributed by atoms with Crippen molar-refractivity contribution in [3.05, 3.63) is 90.4 Å². The van der Waals surface area contributed by atoms with Gasteiger partial charge in [-0.15, -0.1) is 0 Å². The molecule has 2 amide bonds. The van der Waals surface area contributed by atoms with Crippen molar-refractivity contribution in [2.45, 2.75) is 19.0 Å². The van der Waals surface area contributed by atoms with E-state index in [1.165, 1.54) is 29.3 Å². The smallest absolute Gasteiger partial charge is 0.273 e. The fourth-order valence-electron chi connectivity index (χ4n) is 4.05. The van der Waals surface area contributed by atoms with Crippen LogP contribution in [0.3, 0.4) is 0 Å². The highest BCUT2D eigenvalue weighted by atomic mass is 19.1. The van der Waals surface area contributed by atoms with Gasteiger partial charge in [-0.05, 0) is 40.6 Å². The van der Waals surface area contributed by atoms with E-state index in [0.29, 0.717) is 18.1 Å². The van der Waals surface area contributed by atoms with Gasteiger partial charge in [0.25, 0.3) is 5.91 Å². The Kier molecular flexibility index (Phi) is 5.51. The minimum atomic E-state index is -0.841. The zero-order chi connectivity index (χ0) is 23.7. The molecule has 0 spiro atoms. The first-order chi connectivity index (χ1) is 16.5. The molecule has 0 radical (unpaired) electrons. The Morgan fingerprint density at radius 1 is 1.03 bits per heavy atom. The molecule has 0 saturated heterocycles. The maximum absolute atomic E-state index is 13.3. The van der Waals surface area contributed by atoms with Crippen molar-refractivity contribution in [1.82, 2.24) is 9.78 Å². The van der Waals surface area contributed by atoms with Gasteiger partial charge in [-0.2, -0.15) is 10.2 Å². The number of anilines is 2. The minimum absolute atomic E-state index is 0.0377. The minimum Gasteiger partial charge on any atom is -0.368 e. The first-order valence-electron chi connectivity index (χ1n) is 10.7. The Hall–Kier alpha value is -4.53. The van der Waals surface area contributed by atoms with E-state index in [-0.39, 0.29) is 12.1 Å². The molecule has 0 bridgehead atoms. The third-order valence-corrected chi connectivity index (χ3v) is 5.75. The van der Waals surface area contributed by atoms with Gasteiger partial charge in [-0.25, -0.2) is 9.07 Å². The number of nitrogens with two attached hydrogens (primary N) is 1. The normalized spacial score (nSPS) is 15.4. The van der Waals surface area contributed by atoms with Gasteiger partial charge >= 0.3 is 0 Å². The van der Waals surface area contributed by atoms with Gasteiger partial charge in [0.1, 0.15) is 23.4 Å². The molecule has 3 N–H and O–H groups in total. The van der Waals surface area contributed by atoms with Crippen molar-refractivity contribution in [3.8, 4) is 0 Å². The van der Waals surface area contributed by atoms with Crippen molar-refractivity contribution in [2.75, 3.05) is 10.3 Å². The Morgan fingerprint density at radius 3 is 2.59 bits per heavy atom. The number of nitrogens with zero attached hydrogens (tertiary/aromatic N) is 4. The fourth-order valence-corrected chi connectivity index (χ4v) is 4.05. The summed E-state index contributed by atoms with van der Waals surface area (Å²) in [5, 5.41) is 15.1. The predicted octanol–water partition coefficient (Wildman–Crippen LogP) is 3.28. The maximum Gasteiger partial charge on any atom is 0.273 e. The van der Waals surface area contributed by atoms with Crippen LogP contribution in [0.15, 0.2) is 84.1 Å². The number of amides is 2. The number of hydrogen-bond acceptors (Lipinski definition) is 5. The molecular weight excluding hydrogens is 435 g/mol. The summed E-state index contributed by atoms with van der Waals surface area (Å²) in [6, 6.07) is 20.5. The molecular formula is C25H21FN6O2. The lowest BCUT2D eigenvalue weighted by molar-refractivity contribution is -0.119. The molecule has 170 valence electrons. The molecule has 5 rings (SSSR count). The van der Waals surface area contributed by atoms with E-state index in [2.05, 4.69) is 15.5 Å². The molecule has 2 heterocycles. The summed E-state index contributed by atoms with van der Waals surface area (Å²) in [7, 11) is 0. The lowest BCUT2D eigenvalue weighted by Crippen LogP contribution is -2.39. The number of halogens is 1. The number of carbonyl (C=O) groups excluding carboxylic acids is 2. The highest BCUT2D eigenvalue weighted by Gasteiger charge is 2.35. The van der Waals surface area contributed by atoms with Crippen LogP contribution >= 0.6 is 0 Å². The van der Waals surface area contributed by atoms with Crippen LogP contribution in [-0.2, 0) is 16.1 Å². The molecule has 9 heteroatoms. The van der Waals surface area contributed by atoms with Gasteiger partial charge in [0, 0.05) is 12.5 Å². The lowest BCUT2D eigenvalue weighted by atomic mass is 10.0. The molecule has 4 aromatic rings. The highest BCUT2D eigenvalue weighted by molar-refractivity contribution is 6.44. The van der Waals surface area contributed by atoms with Gasteiger partial charge in [0.2, 0.25) is 5.91 Å². The fraction of sp³-hybridized carbons (Fsp3) is 0.120. The van der Waals surface area contributed by atoms with Crippen LogP contribution < -0.4 is 16.1 Å². The van der Waals surface area contributed by atoms with E-state index in [4.69, 9.17) is 5.73 Å². The Balaban J connectivity index is 1.37. The van der Waals surface area contributed by atoms with Gasteiger partial charge in [0.05, 0.1) is 18.4 Å². The first-order valence-corrected chi connectivity index (χ1v) is 10.7. The van der Waals surface area contributed by atoms with E-state index in [0.717, 1.165) is 16.3 Å². The van der Waals surface area contributed by atoms with Gasteiger partial charge in [0.15, 0.2) is 0 Å². The number of primary amides is 1. The lowest BCUT2D eigenvalue weighted by Gasteiger charge is -2.20. The summed E-state index contributed by atoms with van der Waals surface area (Å²) < 4.78 is 15.0. The molecule has 8 nitrogen and oxygen atoms in total. The van der Waals surface area contributed by atoms with Crippen LogP contribution in [0.25, 0.3) is 10.8 Å². The van der Waals surface area contributed by atoms with Crippen LogP contribution in [0.2, 0.25) is 0 Å². The van der Waals surface area contributed by atoms with E-state index < -0.39 is 23.7 Å². The second-order valence-electron chi connectivity index (χ2n) is 7.96. The molecule has 3 aromatic carbocycles. The molecule has 0 fully saturated rings. The molecule has 0 saturated carbocycles. The van der Waals surface area contributed by atoms with Gasteiger partial charge in [-0.3, -0.25) is 14.6 Å². The summed E-state index contributed by atoms with van der Waals surface area (Å²) in [5.74, 6) is -1.01. The van der Waals surface area contributed by atoms with Crippen LogP contribution in [0.4, 0.5) is 15.9 Å². The van der Waals surface area contributed by atoms with Crippen molar-refractivity contribution in [2.24, 2.45) is 10.8 Å². The van der Waals surface area contributed by atoms with Crippen LogP contribution in [0.5, 0.6) is 0 Å². The average Bonchev–Trinajstić information content (AvgIpc) is 3.47. The van der Waals surface area contributed by atoms with Crippen LogP contribution in [0.1, 0.15) is 12.0 Å². The number of carbonyl (C=O) groups is 2. The summed E-state index contributed by atoms with van der Waals surface area (Å²) in [6.07, 6.45) is 1.64. The topological polar surface area (TPSA) is 106 Å². The van der Waals surface area contributed by atoms with Crippen molar-refractivity contribution >= 4 is 39.8 Å². The average molecular weight is 456 g/mol. The SMILES string of the molecule is NC(=O)C1CC(C(=O)Nc2ccnn2Cc2cccc3ccccc23)=NN1c1ccc(F)cc1. The van der Waals surface area contributed by atoms with E-state index >= 15 is 0 Å². The molecule has 1 aliphatic rings. The number of aromatic nitrogens is 2. The third kappa shape index (κ3) is 4.11. The van der Waals surface area contributed by atoms with Gasteiger partial charge < -0.3 is 11.1 Å². The zero-order valence-corrected chi connectivity index (χ0v) is 18.1. The number of benzene rings is 3. The molecule has 1 unspecified atom stereocenters. The molecule has 1 aliphatic heterocycles. The van der Waals surface area contributed by atoms with Gasteiger partial charge in [-0.1, -0.05) is 42.5 Å². The van der Waals surface area contributed by atoms with Crippen molar-refractivity contribution < 1.29 is 14.0 Å². The number of hydrazone groups is 1. The molecule has 1 aromatic heterocycles. The summed E-state index contributed by atoms with van der Waals surface area (Å²) >= 11 is 0. The Morgan fingerprint density at radius 2 is 1.79 bits per heavy atom. The van der Waals surface area contributed by atoms with E-state index in [9.17, 15) is 14.0 Å². The van der Waals surface area contributed by atoms with Crippen molar-refractivity contribution in [3.63, 3.8) is 0 Å². The monoisotopic (exact) mass is 456 g/mol. The quantitative estimate of drug-likeness (QED) is 0.464. The number of rotatable bonds is 6. The van der Waals surface area contributed by atoms with Crippen LogP contribution in [-0.4, -0.2) is 33.3 Å². The Labute approximate surface area is 194 Å². The third-order valence-electron chi connectivity index (χ3n) is 5.75. The molecule has 0 aliphatic carbocycles. The number of nitrogens with one attached hydrogen (secondary N) is 1. The standard InChI is InChI=1S/C25H21FN6O2/c26-18-8-10-19(11-9-18)32-22(24(27)33)14-21(30-32)25(34)29-23-12-13-28-31(23)15-17-6-3-5-16-4-1-2-7-20(16)17/h1-13,22H,14-15H2,(H2,27,33)(H,29,34). The molecule has 1 atom stereocenters. The highest BCUT2D eigenvalue weighted by Crippen LogP contribution is 2.26. The summed E-state index contributed by atoms with van der Waals surface area (Å²) in [4.78, 5) is 25.0. The largest absolute Gasteiger partial charge is 0.368 e. The number of hydrogen-bond donors (Lipinski definition) is 2. The zero-order valence-electron chi connectivity index (χ0n) is 18.1. The predicted molar refractivity (Wildman–Crippen MR) is 128 cm³/mol. The maximum atomic E-state index is 13.3. The molecule has 34 heavy (non-hydrogen) atoms. The summed E-state index contributed by atoms with van der Waals surface area (Å²) in [6.45, 7) is 0.460. The summed E-state index contributed by atoms with van der Waals surface area (Å²) in [5.41, 5.74) is 7.21. The number of fused-ring (bicyclic) bond motifs is 1. The second-order valence-corrected chi connectivity index (χ2v) is 7.96. The second kappa shape index (κ2) is 8.78. The van der Waals surface area contributed by atoms with E-state index in [1.807, 2.05) is 42.5 Å². The van der Waals surface area contributed by atoms with E-state index in [1.54, 1.807) is 16.9 Å². The van der Waals surface area contributed by atoms with Crippen LogP contribution in [0, 0.1) is 5.82 Å². The Bertz CT molecular complexity index is 1410. The first kappa shape index (κ1) is 21.3.